The fourth-order valence-corrected chi connectivity index (χ4v) is 8.77. The third kappa shape index (κ3) is 5.29. The van der Waals surface area contributed by atoms with Crippen molar-refractivity contribution < 1.29 is 0 Å². The third-order valence-corrected chi connectivity index (χ3v) is 11.4. The molecular weight excluding hydrogens is 665 g/mol. The van der Waals surface area contributed by atoms with E-state index in [1.165, 1.54) is 76.1 Å². The molecule has 1 heterocycles. The Morgan fingerprint density at radius 2 is 0.927 bits per heavy atom. The van der Waals surface area contributed by atoms with Crippen molar-refractivity contribution in [3.8, 4) is 50.5 Å². The molecule has 0 spiro atoms. The summed E-state index contributed by atoms with van der Waals surface area (Å²) in [5, 5.41) is 10.3. The number of fused-ring (bicyclic) bond motifs is 5. The number of imidazole rings is 1. The molecule has 1 aliphatic carbocycles. The van der Waals surface area contributed by atoms with Crippen molar-refractivity contribution in [2.45, 2.75) is 12.8 Å². The van der Waals surface area contributed by atoms with Gasteiger partial charge in [-0.2, -0.15) is 0 Å². The summed E-state index contributed by atoms with van der Waals surface area (Å²) in [5.74, 6) is 0.944. The van der Waals surface area contributed by atoms with Gasteiger partial charge in [0, 0.05) is 11.3 Å². The van der Waals surface area contributed by atoms with Crippen LogP contribution in [0.4, 0.5) is 0 Å². The van der Waals surface area contributed by atoms with E-state index >= 15 is 0 Å². The predicted molar refractivity (Wildman–Crippen MR) is 233 cm³/mol. The molecule has 0 fully saturated rings. The van der Waals surface area contributed by atoms with Gasteiger partial charge in [0.15, 0.2) is 0 Å². The molecule has 0 saturated heterocycles. The number of nitrogens with zero attached hydrogens (tertiary/aromatic N) is 2. The fourth-order valence-electron chi connectivity index (χ4n) is 8.77. The summed E-state index contributed by atoms with van der Waals surface area (Å²) in [6.45, 7) is 0. The predicted octanol–water partition coefficient (Wildman–Crippen LogP) is 12.5. The van der Waals surface area contributed by atoms with Gasteiger partial charge >= 0.3 is 0 Å². The topological polar surface area (TPSA) is 17.8 Å². The van der Waals surface area contributed by atoms with Crippen molar-refractivity contribution in [3.05, 3.63) is 192 Å². The summed E-state index contributed by atoms with van der Waals surface area (Å²) in [7, 11) is 0. The molecule has 0 unspecified atom stereocenters. The highest BCUT2D eigenvalue weighted by Gasteiger charge is 2.19. The zero-order chi connectivity index (χ0) is 36.3. The van der Waals surface area contributed by atoms with Crippen LogP contribution in [0.3, 0.4) is 0 Å². The molecule has 9 aromatic carbocycles. The second-order valence-electron chi connectivity index (χ2n) is 14.6. The molecule has 1 aromatic heterocycles. The Morgan fingerprint density at radius 1 is 0.382 bits per heavy atom. The molecule has 0 atom stereocenters. The lowest BCUT2D eigenvalue weighted by atomic mass is 9.84. The van der Waals surface area contributed by atoms with E-state index in [9.17, 15) is 0 Å². The van der Waals surface area contributed by atoms with Crippen LogP contribution < -0.4 is 10.4 Å². The van der Waals surface area contributed by atoms with Gasteiger partial charge in [0.1, 0.15) is 5.82 Å². The smallest absolute Gasteiger partial charge is 0.145 e. The minimum absolute atomic E-state index is 0.944. The van der Waals surface area contributed by atoms with Crippen molar-refractivity contribution >= 4 is 55.5 Å². The first-order valence-electron chi connectivity index (χ1n) is 19.2. The van der Waals surface area contributed by atoms with E-state index in [1.54, 1.807) is 0 Å². The Hall–Kier alpha value is -7.03. The standard InChI is InChI=1S/C53H36N2/c1-2-14-38(15-3-1)53-54-49-20-10-11-21-50(49)55(53)44-29-26-37(27-30-44)41-28-31-47-48(34-41)52(43-25-23-36-13-5-7-17-40(36)33-43)46-19-9-8-18-45(46)51(47)42-24-22-35-12-4-6-16-39(35)32-42/h1-7,10-34H,8-9H2. The van der Waals surface area contributed by atoms with Crippen LogP contribution in [-0.2, 0) is 0 Å². The Kier molecular flexibility index (Phi) is 7.34. The maximum Gasteiger partial charge on any atom is 0.145 e. The van der Waals surface area contributed by atoms with Crippen LogP contribution in [0.15, 0.2) is 182 Å². The number of hydrogen-bond donors (Lipinski definition) is 0. The van der Waals surface area contributed by atoms with Crippen molar-refractivity contribution in [1.29, 1.82) is 0 Å². The summed E-state index contributed by atoms with van der Waals surface area (Å²) in [6, 6.07) is 66.3. The average Bonchev–Trinajstić information content (AvgIpc) is 3.65. The van der Waals surface area contributed by atoms with E-state index in [1.807, 2.05) is 0 Å². The molecule has 11 rings (SSSR count). The molecule has 0 saturated carbocycles. The molecule has 0 aliphatic heterocycles. The highest BCUT2D eigenvalue weighted by atomic mass is 15.1. The number of hydrogen-bond acceptors (Lipinski definition) is 1. The lowest BCUT2D eigenvalue weighted by Gasteiger charge is -2.19. The van der Waals surface area contributed by atoms with Crippen LogP contribution in [0, 0.1) is 0 Å². The molecule has 55 heavy (non-hydrogen) atoms. The highest BCUT2D eigenvalue weighted by Crippen LogP contribution is 2.37. The first-order chi connectivity index (χ1) is 27.3. The van der Waals surface area contributed by atoms with Crippen LogP contribution >= 0.6 is 0 Å². The largest absolute Gasteiger partial charge is 0.292 e. The molecule has 10 aromatic rings. The van der Waals surface area contributed by atoms with Crippen LogP contribution in [-0.4, -0.2) is 9.55 Å². The van der Waals surface area contributed by atoms with Crippen LogP contribution in [0.25, 0.3) is 106 Å². The van der Waals surface area contributed by atoms with Crippen LogP contribution in [0.1, 0.15) is 12.8 Å². The van der Waals surface area contributed by atoms with Gasteiger partial charge in [-0.1, -0.05) is 152 Å². The Morgan fingerprint density at radius 3 is 1.60 bits per heavy atom. The van der Waals surface area contributed by atoms with Crippen molar-refractivity contribution in [2.24, 2.45) is 0 Å². The summed E-state index contributed by atoms with van der Waals surface area (Å²) >= 11 is 0. The second-order valence-corrected chi connectivity index (χ2v) is 14.6. The summed E-state index contributed by atoms with van der Waals surface area (Å²) in [5.41, 5.74) is 11.8. The van der Waals surface area contributed by atoms with E-state index < -0.39 is 0 Å². The first-order valence-corrected chi connectivity index (χ1v) is 19.2. The van der Waals surface area contributed by atoms with E-state index in [2.05, 4.69) is 199 Å². The lowest BCUT2D eigenvalue weighted by Crippen LogP contribution is -2.31. The molecule has 0 N–H and O–H groups in total. The van der Waals surface area contributed by atoms with Gasteiger partial charge in [-0.15, -0.1) is 0 Å². The molecule has 0 bridgehead atoms. The Labute approximate surface area is 319 Å². The maximum absolute atomic E-state index is 5.07. The van der Waals surface area contributed by atoms with Gasteiger partial charge in [-0.25, -0.2) is 4.98 Å². The maximum atomic E-state index is 5.07. The zero-order valence-corrected chi connectivity index (χ0v) is 30.3. The minimum Gasteiger partial charge on any atom is -0.292 e. The van der Waals surface area contributed by atoms with Gasteiger partial charge in [0.25, 0.3) is 0 Å². The normalized spacial score (nSPS) is 12.5. The number of benzene rings is 9. The SMILES string of the molecule is C1=c2c(-c3ccc4ccccc4c3)c3ccc(-c4ccc(-n5c(-c6ccccc6)nc6ccccc65)cc4)cc3c(-c3ccc4ccccc4c3)c2=CCC1. The van der Waals surface area contributed by atoms with Gasteiger partial charge in [0.05, 0.1) is 11.0 Å². The third-order valence-electron chi connectivity index (χ3n) is 11.4. The van der Waals surface area contributed by atoms with Crippen LogP contribution in [0.5, 0.6) is 0 Å². The monoisotopic (exact) mass is 700 g/mol. The van der Waals surface area contributed by atoms with E-state index in [0.717, 1.165) is 41.0 Å². The van der Waals surface area contributed by atoms with Crippen molar-refractivity contribution in [1.82, 2.24) is 9.55 Å². The van der Waals surface area contributed by atoms with Crippen molar-refractivity contribution in [3.63, 3.8) is 0 Å². The van der Waals surface area contributed by atoms with Gasteiger partial charge in [-0.05, 0) is 131 Å². The highest BCUT2D eigenvalue weighted by molar-refractivity contribution is 6.09. The quantitative estimate of drug-likeness (QED) is 0.175. The van der Waals surface area contributed by atoms with E-state index in [-0.39, 0.29) is 0 Å². The Bertz CT molecular complexity index is 3240. The Balaban J connectivity index is 1.13. The molecule has 2 heteroatoms. The first kappa shape index (κ1) is 31.5. The van der Waals surface area contributed by atoms with Gasteiger partial charge < -0.3 is 0 Å². The number of rotatable bonds is 5. The fraction of sp³-hybridized carbons (Fsp3) is 0.0377. The minimum atomic E-state index is 0.944. The van der Waals surface area contributed by atoms with E-state index in [0.29, 0.717) is 0 Å². The van der Waals surface area contributed by atoms with Gasteiger partial charge in [0.2, 0.25) is 0 Å². The zero-order valence-electron chi connectivity index (χ0n) is 30.3. The average molecular weight is 701 g/mol. The molecular formula is C53H36N2. The molecule has 2 nitrogen and oxygen atoms in total. The number of para-hydroxylation sites is 2. The molecule has 0 radical (unpaired) electrons. The molecule has 0 amide bonds. The summed E-state index contributed by atoms with van der Waals surface area (Å²) in [4.78, 5) is 5.07. The molecule has 1 aliphatic rings. The molecule has 258 valence electrons. The van der Waals surface area contributed by atoms with E-state index in [4.69, 9.17) is 4.98 Å². The second kappa shape index (κ2) is 12.8. The number of aromatic nitrogens is 2. The summed E-state index contributed by atoms with van der Waals surface area (Å²) < 4.78 is 2.28. The van der Waals surface area contributed by atoms with Gasteiger partial charge in [-0.3, -0.25) is 4.57 Å². The van der Waals surface area contributed by atoms with Crippen LogP contribution in [0.2, 0.25) is 0 Å². The van der Waals surface area contributed by atoms with Crippen molar-refractivity contribution in [2.75, 3.05) is 0 Å². The summed E-state index contributed by atoms with van der Waals surface area (Å²) in [6.07, 6.45) is 7.02. The lowest BCUT2D eigenvalue weighted by molar-refractivity contribution is 1.10.